The summed E-state index contributed by atoms with van der Waals surface area (Å²) in [6, 6.07) is 7.26. The highest BCUT2D eigenvalue weighted by atomic mass is 35.5. The van der Waals surface area contributed by atoms with Gasteiger partial charge in [-0.05, 0) is 12.5 Å². The Hall–Kier alpha value is -1.79. The summed E-state index contributed by atoms with van der Waals surface area (Å²) in [7, 11) is 3.36. The summed E-state index contributed by atoms with van der Waals surface area (Å²) < 4.78 is 5.64. The van der Waals surface area contributed by atoms with E-state index in [1.54, 1.807) is 27.1 Å². The standard InChI is InChI=1S/C17H27N3O3.ClH/c1-5-14(19-17(22)12(2)10-18)13-8-6-7-9-15(13)23-11-16(21)20(3)4;/h6-9,12,14H,5,10-11,18H2,1-4H3,(H,19,22);1H. The van der Waals surface area contributed by atoms with Crippen molar-refractivity contribution in [2.24, 2.45) is 11.7 Å². The Morgan fingerprint density at radius 3 is 2.46 bits per heavy atom. The molecule has 0 aliphatic carbocycles. The van der Waals surface area contributed by atoms with Crippen molar-refractivity contribution in [3.8, 4) is 5.75 Å². The molecule has 0 saturated heterocycles. The zero-order valence-corrected chi connectivity index (χ0v) is 15.6. The van der Waals surface area contributed by atoms with E-state index < -0.39 is 0 Å². The highest BCUT2D eigenvalue weighted by Crippen LogP contribution is 2.27. The quantitative estimate of drug-likeness (QED) is 0.742. The molecule has 0 heterocycles. The zero-order valence-electron chi connectivity index (χ0n) is 14.7. The molecule has 0 radical (unpaired) electrons. The molecular formula is C17H28ClN3O3. The lowest BCUT2D eigenvalue weighted by Gasteiger charge is -2.22. The molecule has 1 aromatic rings. The lowest BCUT2D eigenvalue weighted by molar-refractivity contribution is -0.131. The number of nitrogens with one attached hydrogen (secondary N) is 1. The second kappa shape index (κ2) is 10.9. The van der Waals surface area contributed by atoms with Gasteiger partial charge in [0.2, 0.25) is 5.91 Å². The van der Waals surface area contributed by atoms with Gasteiger partial charge in [-0.25, -0.2) is 0 Å². The van der Waals surface area contributed by atoms with E-state index in [-0.39, 0.29) is 42.8 Å². The maximum absolute atomic E-state index is 12.1. The fourth-order valence-electron chi connectivity index (χ4n) is 1.99. The number of ether oxygens (including phenoxy) is 1. The Bertz CT molecular complexity index is 538. The summed E-state index contributed by atoms with van der Waals surface area (Å²) in [4.78, 5) is 25.3. The number of carbonyl (C=O) groups is 2. The fraction of sp³-hybridized carbons (Fsp3) is 0.529. The van der Waals surface area contributed by atoms with Crippen molar-refractivity contribution in [1.29, 1.82) is 0 Å². The fourth-order valence-corrected chi connectivity index (χ4v) is 1.99. The Morgan fingerprint density at radius 2 is 1.92 bits per heavy atom. The van der Waals surface area contributed by atoms with Crippen LogP contribution in [0.25, 0.3) is 0 Å². The van der Waals surface area contributed by atoms with Crippen molar-refractivity contribution < 1.29 is 14.3 Å². The number of para-hydroxylation sites is 1. The molecule has 1 aromatic carbocycles. The van der Waals surface area contributed by atoms with Crippen LogP contribution < -0.4 is 15.8 Å². The average molecular weight is 358 g/mol. The molecule has 0 spiro atoms. The van der Waals surface area contributed by atoms with Gasteiger partial charge >= 0.3 is 0 Å². The number of benzene rings is 1. The van der Waals surface area contributed by atoms with Crippen molar-refractivity contribution in [2.45, 2.75) is 26.3 Å². The highest BCUT2D eigenvalue weighted by molar-refractivity contribution is 5.85. The summed E-state index contributed by atoms with van der Waals surface area (Å²) >= 11 is 0. The van der Waals surface area contributed by atoms with Gasteiger partial charge in [0.15, 0.2) is 6.61 Å². The first-order valence-electron chi connectivity index (χ1n) is 7.83. The first kappa shape index (κ1) is 22.2. The van der Waals surface area contributed by atoms with Crippen LogP contribution in [0.15, 0.2) is 24.3 Å². The van der Waals surface area contributed by atoms with E-state index in [2.05, 4.69) is 5.32 Å². The Labute approximate surface area is 150 Å². The molecule has 0 fully saturated rings. The maximum Gasteiger partial charge on any atom is 0.259 e. The lowest BCUT2D eigenvalue weighted by Crippen LogP contribution is -2.36. The van der Waals surface area contributed by atoms with Gasteiger partial charge in [0.25, 0.3) is 5.91 Å². The number of nitrogens with two attached hydrogens (primary N) is 1. The molecule has 3 N–H and O–H groups in total. The molecule has 6 nitrogen and oxygen atoms in total. The third-order valence-electron chi connectivity index (χ3n) is 3.67. The summed E-state index contributed by atoms with van der Waals surface area (Å²) in [5, 5.41) is 2.99. The molecule has 0 aliphatic rings. The van der Waals surface area contributed by atoms with Gasteiger partial charge in [-0.2, -0.15) is 0 Å². The second-order valence-electron chi connectivity index (χ2n) is 5.72. The van der Waals surface area contributed by atoms with Crippen LogP contribution in [0, 0.1) is 5.92 Å². The van der Waals surface area contributed by atoms with Crippen molar-refractivity contribution in [1.82, 2.24) is 10.2 Å². The number of rotatable bonds is 8. The van der Waals surface area contributed by atoms with Crippen molar-refractivity contribution in [2.75, 3.05) is 27.2 Å². The van der Waals surface area contributed by atoms with Gasteiger partial charge in [-0.15, -0.1) is 12.4 Å². The molecule has 2 amide bonds. The zero-order chi connectivity index (χ0) is 17.4. The first-order chi connectivity index (χ1) is 10.9. The van der Waals surface area contributed by atoms with E-state index in [0.29, 0.717) is 18.7 Å². The molecule has 0 aromatic heterocycles. The van der Waals surface area contributed by atoms with Gasteiger partial charge in [-0.3, -0.25) is 9.59 Å². The van der Waals surface area contributed by atoms with Crippen LogP contribution in [-0.4, -0.2) is 44.0 Å². The summed E-state index contributed by atoms with van der Waals surface area (Å²) in [6.45, 7) is 4.05. The molecule has 0 saturated carbocycles. The first-order valence-corrected chi connectivity index (χ1v) is 7.83. The van der Waals surface area contributed by atoms with Gasteiger partial charge < -0.3 is 20.7 Å². The van der Waals surface area contributed by atoms with E-state index >= 15 is 0 Å². The van der Waals surface area contributed by atoms with Crippen LogP contribution in [0.1, 0.15) is 31.9 Å². The second-order valence-corrected chi connectivity index (χ2v) is 5.72. The van der Waals surface area contributed by atoms with Gasteiger partial charge in [0.05, 0.1) is 6.04 Å². The van der Waals surface area contributed by atoms with E-state index in [9.17, 15) is 9.59 Å². The van der Waals surface area contributed by atoms with Crippen molar-refractivity contribution in [3.05, 3.63) is 29.8 Å². The number of hydrogen-bond acceptors (Lipinski definition) is 4. The maximum atomic E-state index is 12.1. The molecule has 7 heteroatoms. The minimum absolute atomic E-state index is 0. The van der Waals surface area contributed by atoms with Crippen LogP contribution >= 0.6 is 12.4 Å². The van der Waals surface area contributed by atoms with E-state index in [1.807, 2.05) is 25.1 Å². The smallest absolute Gasteiger partial charge is 0.259 e. The molecule has 1 rings (SSSR count). The third kappa shape index (κ3) is 6.37. The minimum atomic E-state index is -0.243. The molecule has 2 atom stereocenters. The molecule has 24 heavy (non-hydrogen) atoms. The Balaban J connectivity index is 0.00000529. The van der Waals surface area contributed by atoms with Crippen LogP contribution in [0.3, 0.4) is 0 Å². The third-order valence-corrected chi connectivity index (χ3v) is 3.67. The Kier molecular flexibility index (Phi) is 10.1. The van der Waals surface area contributed by atoms with Gasteiger partial charge in [-0.1, -0.05) is 32.0 Å². The van der Waals surface area contributed by atoms with E-state index in [0.717, 1.165) is 5.56 Å². The van der Waals surface area contributed by atoms with Crippen LogP contribution in [0.4, 0.5) is 0 Å². The number of hydrogen-bond donors (Lipinski definition) is 2. The molecule has 0 aliphatic heterocycles. The number of likely N-dealkylation sites (N-methyl/N-ethyl adjacent to an activating group) is 1. The van der Waals surface area contributed by atoms with Crippen LogP contribution in [0.5, 0.6) is 5.75 Å². The predicted molar refractivity (Wildman–Crippen MR) is 97.3 cm³/mol. The number of nitrogens with zero attached hydrogens (tertiary/aromatic N) is 1. The number of carbonyl (C=O) groups excluding carboxylic acids is 2. The number of amides is 2. The predicted octanol–water partition coefficient (Wildman–Crippen LogP) is 1.74. The Morgan fingerprint density at radius 1 is 1.29 bits per heavy atom. The van der Waals surface area contributed by atoms with Crippen LogP contribution in [-0.2, 0) is 9.59 Å². The number of halogens is 1. The average Bonchev–Trinajstić information content (AvgIpc) is 2.56. The largest absolute Gasteiger partial charge is 0.483 e. The lowest BCUT2D eigenvalue weighted by atomic mass is 10.0. The van der Waals surface area contributed by atoms with E-state index in [4.69, 9.17) is 10.5 Å². The SMILES string of the molecule is CCC(NC(=O)C(C)CN)c1ccccc1OCC(=O)N(C)C.Cl. The summed E-state index contributed by atoms with van der Waals surface area (Å²) in [5.41, 5.74) is 6.40. The molecule has 136 valence electrons. The van der Waals surface area contributed by atoms with Gasteiger partial charge in [0, 0.05) is 32.1 Å². The van der Waals surface area contributed by atoms with Crippen molar-refractivity contribution in [3.63, 3.8) is 0 Å². The summed E-state index contributed by atoms with van der Waals surface area (Å²) in [5.74, 6) is 0.162. The highest BCUT2D eigenvalue weighted by Gasteiger charge is 2.20. The van der Waals surface area contributed by atoms with Crippen molar-refractivity contribution >= 4 is 24.2 Å². The molecule has 0 bridgehead atoms. The minimum Gasteiger partial charge on any atom is -0.483 e. The topological polar surface area (TPSA) is 84.7 Å². The monoisotopic (exact) mass is 357 g/mol. The molecule has 2 unspecified atom stereocenters. The van der Waals surface area contributed by atoms with Crippen LogP contribution in [0.2, 0.25) is 0 Å². The summed E-state index contributed by atoms with van der Waals surface area (Å²) in [6.07, 6.45) is 0.713. The molecular weight excluding hydrogens is 330 g/mol. The normalized spacial score (nSPS) is 12.5. The van der Waals surface area contributed by atoms with E-state index in [1.165, 1.54) is 4.90 Å². The van der Waals surface area contributed by atoms with Gasteiger partial charge in [0.1, 0.15) is 5.75 Å².